The number of hydrogen-bond donors (Lipinski definition) is 2. The molecule has 0 saturated carbocycles. The highest BCUT2D eigenvalue weighted by Crippen LogP contribution is 2.26. The molecule has 1 saturated heterocycles. The first kappa shape index (κ1) is 18.8. The van der Waals surface area contributed by atoms with E-state index < -0.39 is 0 Å². The van der Waals surface area contributed by atoms with E-state index in [4.69, 9.17) is 16.0 Å². The number of aryl methyl sites for hydroxylation is 1. The number of likely N-dealkylation sites (tertiary alicyclic amines) is 1. The second kappa shape index (κ2) is 8.20. The normalized spacial score (nSPS) is 14.5. The van der Waals surface area contributed by atoms with E-state index in [1.165, 1.54) is 25.9 Å². The van der Waals surface area contributed by atoms with E-state index in [0.29, 0.717) is 34.4 Å². The number of benzene rings is 1. The highest BCUT2D eigenvalue weighted by atomic mass is 35.5. The van der Waals surface area contributed by atoms with Gasteiger partial charge in [-0.15, -0.1) is 0 Å². The Morgan fingerprint density at radius 3 is 2.75 bits per heavy atom. The first-order valence-electron chi connectivity index (χ1n) is 9.65. The van der Waals surface area contributed by atoms with Crippen LogP contribution < -0.4 is 10.2 Å². The van der Waals surface area contributed by atoms with Crippen LogP contribution in [0.3, 0.4) is 0 Å². The molecule has 28 heavy (non-hydrogen) atoms. The van der Waals surface area contributed by atoms with Gasteiger partial charge in [0.2, 0.25) is 0 Å². The number of carbonyl (C=O) groups is 1. The molecule has 1 aliphatic heterocycles. The summed E-state index contributed by atoms with van der Waals surface area (Å²) in [6, 6.07) is 12.8. The molecule has 3 aromatic rings. The Labute approximate surface area is 169 Å². The third-order valence-corrected chi connectivity index (χ3v) is 5.41. The first-order valence-corrected chi connectivity index (χ1v) is 10.0. The molecule has 0 bridgehead atoms. The monoisotopic (exact) mass is 399 g/mol. The molecule has 7 heteroatoms. The van der Waals surface area contributed by atoms with E-state index in [0.717, 1.165) is 12.3 Å². The maximum atomic E-state index is 12.9. The number of carbonyl (C=O) groups excluding carboxylic acids is 1. The number of furan rings is 1. The number of quaternary nitrogens is 1. The van der Waals surface area contributed by atoms with Crippen LogP contribution >= 0.6 is 11.6 Å². The highest BCUT2D eigenvalue weighted by molar-refractivity contribution is 6.32. The molecule has 1 fully saturated rings. The quantitative estimate of drug-likeness (QED) is 0.669. The molecule has 0 unspecified atom stereocenters. The summed E-state index contributed by atoms with van der Waals surface area (Å²) in [5, 5.41) is 8.17. The van der Waals surface area contributed by atoms with Gasteiger partial charge in [-0.25, -0.2) is 4.68 Å². The van der Waals surface area contributed by atoms with Crippen LogP contribution in [-0.4, -0.2) is 41.9 Å². The van der Waals surface area contributed by atoms with Crippen molar-refractivity contribution in [3.8, 4) is 17.1 Å². The summed E-state index contributed by atoms with van der Waals surface area (Å²) in [5.41, 5.74) is 1.70. The van der Waals surface area contributed by atoms with Crippen molar-refractivity contribution in [2.75, 3.05) is 26.2 Å². The lowest BCUT2D eigenvalue weighted by molar-refractivity contribution is -0.886. The van der Waals surface area contributed by atoms with Gasteiger partial charge >= 0.3 is 0 Å². The van der Waals surface area contributed by atoms with Crippen molar-refractivity contribution >= 4 is 17.5 Å². The topological polar surface area (TPSA) is 64.5 Å². The zero-order valence-corrected chi connectivity index (χ0v) is 16.6. The number of halogens is 1. The average molecular weight is 400 g/mol. The Balaban J connectivity index is 1.61. The summed E-state index contributed by atoms with van der Waals surface area (Å²) in [6.07, 6.45) is 2.54. The fourth-order valence-electron chi connectivity index (χ4n) is 3.61. The van der Waals surface area contributed by atoms with Crippen LogP contribution in [-0.2, 0) is 0 Å². The molecule has 146 valence electrons. The number of hydrogen-bond acceptors (Lipinski definition) is 3. The molecule has 1 aliphatic rings. The summed E-state index contributed by atoms with van der Waals surface area (Å²) in [7, 11) is 0. The zero-order chi connectivity index (χ0) is 19.5. The minimum Gasteiger partial charge on any atom is -0.460 e. The molecule has 0 spiro atoms. The number of amides is 1. The van der Waals surface area contributed by atoms with Gasteiger partial charge in [-0.05, 0) is 31.2 Å². The molecular formula is C21H24ClN4O2+. The summed E-state index contributed by atoms with van der Waals surface area (Å²) >= 11 is 6.37. The number of nitrogens with zero attached hydrogens (tertiary/aromatic N) is 2. The van der Waals surface area contributed by atoms with Crippen molar-refractivity contribution in [1.29, 1.82) is 0 Å². The number of aromatic nitrogens is 2. The molecule has 0 radical (unpaired) electrons. The van der Waals surface area contributed by atoms with Crippen molar-refractivity contribution in [1.82, 2.24) is 15.1 Å². The van der Waals surface area contributed by atoms with Gasteiger partial charge in [-0.2, -0.15) is 5.10 Å². The van der Waals surface area contributed by atoms with Gasteiger partial charge in [0.15, 0.2) is 5.76 Å². The van der Waals surface area contributed by atoms with Gasteiger partial charge in [-0.1, -0.05) is 23.7 Å². The van der Waals surface area contributed by atoms with Crippen LogP contribution in [0.2, 0.25) is 5.02 Å². The molecule has 3 heterocycles. The molecule has 0 aliphatic carbocycles. The maximum Gasteiger partial charge on any atom is 0.270 e. The minimum absolute atomic E-state index is 0.166. The molecule has 6 nitrogen and oxygen atoms in total. The largest absolute Gasteiger partial charge is 0.460 e. The Morgan fingerprint density at radius 2 is 2.04 bits per heavy atom. The van der Waals surface area contributed by atoms with Crippen molar-refractivity contribution in [3.63, 3.8) is 0 Å². The number of nitrogens with one attached hydrogen (secondary N) is 2. The Hall–Kier alpha value is -2.57. The van der Waals surface area contributed by atoms with Gasteiger partial charge < -0.3 is 14.6 Å². The lowest BCUT2D eigenvalue weighted by Crippen LogP contribution is -3.10. The van der Waals surface area contributed by atoms with Crippen LogP contribution in [0.4, 0.5) is 0 Å². The fraction of sp³-hybridized carbons (Fsp3) is 0.333. The molecule has 4 rings (SSSR count). The third-order valence-electron chi connectivity index (χ3n) is 5.09. The molecular weight excluding hydrogens is 376 g/mol. The molecule has 1 amide bonds. The van der Waals surface area contributed by atoms with Crippen molar-refractivity contribution in [2.45, 2.75) is 19.8 Å². The maximum absolute atomic E-state index is 12.9. The Bertz CT molecular complexity index is 972. The SMILES string of the molecule is Cc1ccc(-c2cc(C(=O)NCC[NH+]3CCCC3)n(-c3ccccc3Cl)n2)o1. The van der Waals surface area contributed by atoms with E-state index in [1.54, 1.807) is 21.7 Å². The highest BCUT2D eigenvalue weighted by Gasteiger charge is 2.21. The predicted molar refractivity (Wildman–Crippen MR) is 108 cm³/mol. The Morgan fingerprint density at radius 1 is 1.25 bits per heavy atom. The number of para-hydroxylation sites is 1. The van der Waals surface area contributed by atoms with Crippen molar-refractivity contribution in [2.24, 2.45) is 0 Å². The van der Waals surface area contributed by atoms with E-state index in [2.05, 4.69) is 10.4 Å². The molecule has 0 atom stereocenters. The third kappa shape index (κ3) is 3.98. The summed E-state index contributed by atoms with van der Waals surface area (Å²) < 4.78 is 7.28. The summed E-state index contributed by atoms with van der Waals surface area (Å²) in [6.45, 7) is 5.83. The average Bonchev–Trinajstić information content (AvgIpc) is 3.42. The smallest absolute Gasteiger partial charge is 0.270 e. The number of rotatable bonds is 6. The lowest BCUT2D eigenvalue weighted by Gasteiger charge is -2.13. The molecule has 1 aromatic carbocycles. The van der Waals surface area contributed by atoms with Gasteiger partial charge in [0.25, 0.3) is 5.91 Å². The van der Waals surface area contributed by atoms with Crippen LogP contribution in [0.25, 0.3) is 17.1 Å². The fourth-order valence-corrected chi connectivity index (χ4v) is 3.83. The predicted octanol–water partition coefficient (Wildman–Crippen LogP) is 2.50. The molecule has 2 N–H and O–H groups in total. The van der Waals surface area contributed by atoms with Gasteiger partial charge in [0.05, 0.1) is 36.9 Å². The van der Waals surface area contributed by atoms with Crippen LogP contribution in [0.5, 0.6) is 0 Å². The molecule has 2 aromatic heterocycles. The second-order valence-corrected chi connectivity index (χ2v) is 7.56. The van der Waals surface area contributed by atoms with E-state index in [1.807, 2.05) is 37.3 Å². The minimum atomic E-state index is -0.166. The van der Waals surface area contributed by atoms with Crippen LogP contribution in [0.15, 0.2) is 46.9 Å². The second-order valence-electron chi connectivity index (χ2n) is 7.15. The standard InChI is InChI=1S/C21H23ClN4O2/c1-15-8-9-20(28-15)17-14-19(21(27)23-10-13-25-11-4-5-12-25)26(24-17)18-7-3-2-6-16(18)22/h2-3,6-9,14H,4-5,10-13H2,1H3,(H,23,27)/p+1. The van der Waals surface area contributed by atoms with Gasteiger partial charge in [-0.3, -0.25) is 4.79 Å². The Kier molecular flexibility index (Phi) is 5.50. The van der Waals surface area contributed by atoms with E-state index >= 15 is 0 Å². The van der Waals surface area contributed by atoms with Crippen molar-refractivity contribution < 1.29 is 14.1 Å². The summed E-state index contributed by atoms with van der Waals surface area (Å²) in [5.74, 6) is 1.25. The first-order chi connectivity index (χ1) is 13.6. The van der Waals surface area contributed by atoms with Gasteiger partial charge in [0.1, 0.15) is 17.1 Å². The van der Waals surface area contributed by atoms with Gasteiger partial charge in [0, 0.05) is 18.9 Å². The summed E-state index contributed by atoms with van der Waals surface area (Å²) in [4.78, 5) is 14.5. The van der Waals surface area contributed by atoms with Crippen LogP contribution in [0.1, 0.15) is 29.1 Å². The van der Waals surface area contributed by atoms with E-state index in [-0.39, 0.29) is 5.91 Å². The van der Waals surface area contributed by atoms with Crippen LogP contribution in [0, 0.1) is 6.92 Å². The zero-order valence-electron chi connectivity index (χ0n) is 15.9. The van der Waals surface area contributed by atoms with Crippen molar-refractivity contribution in [3.05, 3.63) is 58.9 Å². The lowest BCUT2D eigenvalue weighted by atomic mass is 10.2. The van der Waals surface area contributed by atoms with E-state index in [9.17, 15) is 4.79 Å².